The molecule has 2 N–H and O–H groups in total. The average Bonchev–Trinajstić information content (AvgIpc) is 3.27. The molecule has 0 unspecified atom stereocenters. The molecule has 0 aliphatic heterocycles. The van der Waals surface area contributed by atoms with E-state index in [2.05, 4.69) is 15.4 Å². The summed E-state index contributed by atoms with van der Waals surface area (Å²) in [6.07, 6.45) is 3.42. The number of hydrogen-bond acceptors (Lipinski definition) is 4. The van der Waals surface area contributed by atoms with Crippen molar-refractivity contribution in [3.63, 3.8) is 0 Å². The number of amides is 1. The molecular weight excluding hydrogens is 368 g/mol. The Morgan fingerprint density at radius 2 is 1.90 bits per heavy atom. The van der Waals surface area contributed by atoms with E-state index in [1.807, 2.05) is 41.2 Å². The van der Waals surface area contributed by atoms with Gasteiger partial charge in [0.05, 0.1) is 18.2 Å². The van der Waals surface area contributed by atoms with Crippen molar-refractivity contribution in [3.8, 4) is 0 Å². The van der Waals surface area contributed by atoms with E-state index in [1.54, 1.807) is 33.9 Å². The lowest BCUT2D eigenvalue weighted by molar-refractivity contribution is 0.0376. The maximum atomic E-state index is 12.8. The third kappa shape index (κ3) is 4.74. The van der Waals surface area contributed by atoms with E-state index in [0.717, 1.165) is 11.1 Å². The first kappa shape index (κ1) is 20.4. The SMILES string of the molecule is Cc1[nH]c(C(=O)NCc2ccccc2Cn2cccn2)c(C)c1C(=O)OC(C)C. The van der Waals surface area contributed by atoms with Crippen LogP contribution in [0, 0.1) is 13.8 Å². The Kier molecular flexibility index (Phi) is 6.16. The minimum Gasteiger partial charge on any atom is -0.459 e. The van der Waals surface area contributed by atoms with Crippen LogP contribution < -0.4 is 5.32 Å². The van der Waals surface area contributed by atoms with Gasteiger partial charge in [0, 0.05) is 24.6 Å². The molecule has 0 radical (unpaired) electrons. The van der Waals surface area contributed by atoms with Gasteiger partial charge in [-0.2, -0.15) is 5.10 Å². The zero-order chi connectivity index (χ0) is 21.0. The van der Waals surface area contributed by atoms with Crippen molar-refractivity contribution in [1.82, 2.24) is 20.1 Å². The first-order valence-corrected chi connectivity index (χ1v) is 9.59. The van der Waals surface area contributed by atoms with Gasteiger partial charge in [0.15, 0.2) is 0 Å². The van der Waals surface area contributed by atoms with Crippen LogP contribution in [0.5, 0.6) is 0 Å². The van der Waals surface area contributed by atoms with Gasteiger partial charge in [-0.25, -0.2) is 4.79 Å². The summed E-state index contributed by atoms with van der Waals surface area (Å²) in [7, 11) is 0. The van der Waals surface area contributed by atoms with Gasteiger partial charge < -0.3 is 15.0 Å². The van der Waals surface area contributed by atoms with Crippen LogP contribution in [0.15, 0.2) is 42.7 Å². The fraction of sp³-hybridized carbons (Fsp3) is 0.318. The normalized spacial score (nSPS) is 10.9. The van der Waals surface area contributed by atoms with Gasteiger partial charge >= 0.3 is 5.97 Å². The molecule has 0 aliphatic rings. The van der Waals surface area contributed by atoms with Crippen molar-refractivity contribution < 1.29 is 14.3 Å². The Hall–Kier alpha value is -3.35. The van der Waals surface area contributed by atoms with Crippen LogP contribution in [-0.2, 0) is 17.8 Å². The van der Waals surface area contributed by atoms with E-state index in [9.17, 15) is 9.59 Å². The van der Waals surface area contributed by atoms with Gasteiger partial charge in [-0.3, -0.25) is 9.48 Å². The fourth-order valence-corrected chi connectivity index (χ4v) is 3.27. The monoisotopic (exact) mass is 394 g/mol. The quantitative estimate of drug-likeness (QED) is 0.601. The maximum absolute atomic E-state index is 12.8. The van der Waals surface area contributed by atoms with Crippen LogP contribution in [0.3, 0.4) is 0 Å². The zero-order valence-corrected chi connectivity index (χ0v) is 17.2. The van der Waals surface area contributed by atoms with Crippen LogP contribution in [0.1, 0.15) is 57.1 Å². The first-order chi connectivity index (χ1) is 13.9. The van der Waals surface area contributed by atoms with E-state index in [4.69, 9.17) is 4.74 Å². The second-order valence-corrected chi connectivity index (χ2v) is 7.23. The molecule has 0 aliphatic carbocycles. The highest BCUT2D eigenvalue weighted by Crippen LogP contribution is 2.20. The molecule has 3 aromatic rings. The summed E-state index contributed by atoms with van der Waals surface area (Å²) in [6.45, 7) is 8.11. The summed E-state index contributed by atoms with van der Waals surface area (Å²) < 4.78 is 7.13. The standard InChI is InChI=1S/C22H26N4O3/c1-14(2)29-22(28)19-15(3)20(25-16(19)4)21(27)23-12-17-8-5-6-9-18(17)13-26-11-7-10-24-26/h5-11,14,25H,12-13H2,1-4H3,(H,23,27). The van der Waals surface area contributed by atoms with Crippen LogP contribution >= 0.6 is 0 Å². The first-order valence-electron chi connectivity index (χ1n) is 9.59. The number of aromatic nitrogens is 3. The van der Waals surface area contributed by atoms with E-state index in [0.29, 0.717) is 35.6 Å². The van der Waals surface area contributed by atoms with Crippen LogP contribution in [0.25, 0.3) is 0 Å². The molecular formula is C22H26N4O3. The number of hydrogen-bond donors (Lipinski definition) is 2. The van der Waals surface area contributed by atoms with Gasteiger partial charge in [-0.1, -0.05) is 24.3 Å². The smallest absolute Gasteiger partial charge is 0.340 e. The molecule has 3 rings (SSSR count). The van der Waals surface area contributed by atoms with Gasteiger partial charge in [0.25, 0.3) is 5.91 Å². The number of benzene rings is 1. The summed E-state index contributed by atoms with van der Waals surface area (Å²) >= 11 is 0. The number of rotatable bonds is 7. The molecule has 2 heterocycles. The lowest BCUT2D eigenvalue weighted by Crippen LogP contribution is -2.25. The van der Waals surface area contributed by atoms with Crippen molar-refractivity contribution >= 4 is 11.9 Å². The van der Waals surface area contributed by atoms with Crippen molar-refractivity contribution in [2.24, 2.45) is 0 Å². The van der Waals surface area contributed by atoms with E-state index < -0.39 is 5.97 Å². The second kappa shape index (κ2) is 8.77. The largest absolute Gasteiger partial charge is 0.459 e. The molecule has 2 aromatic heterocycles. The van der Waals surface area contributed by atoms with E-state index in [1.165, 1.54) is 0 Å². The Balaban J connectivity index is 1.73. The molecule has 152 valence electrons. The second-order valence-electron chi connectivity index (χ2n) is 7.23. The van der Waals surface area contributed by atoms with Crippen LogP contribution in [-0.4, -0.2) is 32.7 Å². The minimum atomic E-state index is -0.421. The van der Waals surface area contributed by atoms with Gasteiger partial charge in [0.1, 0.15) is 5.69 Å². The average molecular weight is 394 g/mol. The lowest BCUT2D eigenvalue weighted by Gasteiger charge is -2.11. The topological polar surface area (TPSA) is 89.0 Å². The third-order valence-corrected chi connectivity index (χ3v) is 4.66. The molecule has 0 saturated carbocycles. The molecule has 0 bridgehead atoms. The number of nitrogens with zero attached hydrogens (tertiary/aromatic N) is 2. The fourth-order valence-electron chi connectivity index (χ4n) is 3.27. The number of aromatic amines is 1. The van der Waals surface area contributed by atoms with Crippen LogP contribution in [0.2, 0.25) is 0 Å². The Morgan fingerprint density at radius 3 is 2.55 bits per heavy atom. The lowest BCUT2D eigenvalue weighted by atomic mass is 10.1. The number of carbonyl (C=O) groups excluding carboxylic acids is 2. The molecule has 29 heavy (non-hydrogen) atoms. The number of esters is 1. The summed E-state index contributed by atoms with van der Waals surface area (Å²) in [5, 5.41) is 7.18. The highest BCUT2D eigenvalue weighted by molar-refractivity contribution is 6.00. The highest BCUT2D eigenvalue weighted by atomic mass is 16.5. The molecule has 0 fully saturated rings. The molecule has 0 spiro atoms. The van der Waals surface area contributed by atoms with Gasteiger partial charge in [-0.15, -0.1) is 0 Å². The molecule has 0 atom stereocenters. The molecule has 1 aromatic carbocycles. The number of ether oxygens (including phenoxy) is 1. The summed E-state index contributed by atoms with van der Waals surface area (Å²) in [4.78, 5) is 28.1. The van der Waals surface area contributed by atoms with Crippen molar-refractivity contribution in [1.29, 1.82) is 0 Å². The Bertz CT molecular complexity index is 1000. The van der Waals surface area contributed by atoms with E-state index in [-0.39, 0.29) is 12.0 Å². The number of nitrogens with one attached hydrogen (secondary N) is 2. The maximum Gasteiger partial charge on any atom is 0.340 e. The van der Waals surface area contributed by atoms with Crippen LogP contribution in [0.4, 0.5) is 0 Å². The zero-order valence-electron chi connectivity index (χ0n) is 17.2. The predicted octanol–water partition coefficient (Wildman–Crippen LogP) is 3.37. The van der Waals surface area contributed by atoms with Gasteiger partial charge in [-0.05, 0) is 50.5 Å². The van der Waals surface area contributed by atoms with Crippen molar-refractivity contribution in [2.45, 2.75) is 46.9 Å². The molecule has 7 heteroatoms. The number of H-pyrrole nitrogens is 1. The van der Waals surface area contributed by atoms with Crippen molar-refractivity contribution in [2.75, 3.05) is 0 Å². The number of carbonyl (C=O) groups is 2. The Labute approximate surface area is 170 Å². The molecule has 0 saturated heterocycles. The number of aryl methyl sites for hydroxylation is 1. The minimum absolute atomic E-state index is 0.222. The van der Waals surface area contributed by atoms with E-state index >= 15 is 0 Å². The molecule has 1 amide bonds. The predicted molar refractivity (Wildman–Crippen MR) is 110 cm³/mol. The summed E-state index contributed by atoms with van der Waals surface area (Å²) in [5.74, 6) is -0.682. The third-order valence-electron chi connectivity index (χ3n) is 4.66. The summed E-state index contributed by atoms with van der Waals surface area (Å²) in [6, 6.07) is 9.79. The highest BCUT2D eigenvalue weighted by Gasteiger charge is 2.23. The molecule has 7 nitrogen and oxygen atoms in total. The van der Waals surface area contributed by atoms with Crippen molar-refractivity contribution in [3.05, 3.63) is 76.4 Å². The Morgan fingerprint density at radius 1 is 1.17 bits per heavy atom. The van der Waals surface area contributed by atoms with Gasteiger partial charge in [0.2, 0.25) is 0 Å². The summed E-state index contributed by atoms with van der Waals surface area (Å²) in [5.41, 5.74) is 4.10.